The van der Waals surface area contributed by atoms with Gasteiger partial charge in [-0.2, -0.15) is 0 Å². The van der Waals surface area contributed by atoms with E-state index in [9.17, 15) is 9.59 Å². The van der Waals surface area contributed by atoms with Crippen LogP contribution in [0.1, 0.15) is 38.3 Å². The van der Waals surface area contributed by atoms with Gasteiger partial charge in [-0.3, -0.25) is 9.59 Å². The molecule has 5 rings (SSSR count). The van der Waals surface area contributed by atoms with Crippen molar-refractivity contribution >= 4 is 19.8 Å². The van der Waals surface area contributed by atoms with E-state index in [1.807, 2.05) is 74.5 Å². The molecule has 2 radical (unpaired) electrons. The molecule has 3 saturated heterocycles. The summed E-state index contributed by atoms with van der Waals surface area (Å²) in [6, 6.07) is 18.0. The third-order valence-electron chi connectivity index (χ3n) is 6.51. The maximum absolute atomic E-state index is 13.4. The summed E-state index contributed by atoms with van der Waals surface area (Å²) in [5.41, 5.74) is -0.262. The molecule has 3 aliphatic heterocycles. The highest BCUT2D eigenvalue weighted by molar-refractivity contribution is 6.11. The van der Waals surface area contributed by atoms with Crippen LogP contribution in [0.4, 0.5) is 0 Å². The lowest BCUT2D eigenvalue weighted by atomic mass is 9.72. The van der Waals surface area contributed by atoms with Crippen LogP contribution in [-0.2, 0) is 41.8 Å². The number of carbonyl (C=O) groups excluding carboxylic acids is 2. The quantitative estimate of drug-likeness (QED) is 0.497. The van der Waals surface area contributed by atoms with E-state index in [0.29, 0.717) is 0 Å². The SMILES string of the molecule is [B][C@@H]1OC2C(C)(C)OC1C(C(=O)OCc1ccccc1)CC2(C)C(=O)OCc1ccccc1. The van der Waals surface area contributed by atoms with E-state index in [0.717, 1.165) is 11.1 Å². The Morgan fingerprint density at radius 1 is 0.939 bits per heavy atom. The van der Waals surface area contributed by atoms with Crippen molar-refractivity contribution in [3.8, 4) is 0 Å². The van der Waals surface area contributed by atoms with Crippen molar-refractivity contribution in [2.45, 2.75) is 64.2 Å². The molecule has 33 heavy (non-hydrogen) atoms. The van der Waals surface area contributed by atoms with Gasteiger partial charge in [0.1, 0.15) is 27.2 Å². The highest BCUT2D eigenvalue weighted by Gasteiger charge is 2.62. The number of carbonyl (C=O) groups is 2. The Labute approximate surface area is 196 Å². The molecule has 3 aliphatic rings. The number of benzene rings is 2. The highest BCUT2D eigenvalue weighted by atomic mass is 16.6. The molecule has 4 unspecified atom stereocenters. The van der Waals surface area contributed by atoms with E-state index in [2.05, 4.69) is 0 Å². The van der Waals surface area contributed by atoms with Crippen LogP contribution < -0.4 is 0 Å². The third-order valence-corrected chi connectivity index (χ3v) is 6.51. The first-order valence-corrected chi connectivity index (χ1v) is 11.2. The lowest BCUT2D eigenvalue weighted by Gasteiger charge is -2.48. The van der Waals surface area contributed by atoms with Crippen LogP contribution in [0.15, 0.2) is 60.7 Å². The van der Waals surface area contributed by atoms with Crippen LogP contribution in [0.3, 0.4) is 0 Å². The van der Waals surface area contributed by atoms with Crippen molar-refractivity contribution in [2.75, 3.05) is 0 Å². The van der Waals surface area contributed by atoms with Crippen molar-refractivity contribution in [2.24, 2.45) is 11.3 Å². The second-order valence-electron chi connectivity index (χ2n) is 9.55. The topological polar surface area (TPSA) is 71.1 Å². The minimum absolute atomic E-state index is 0.126. The minimum Gasteiger partial charge on any atom is -0.461 e. The van der Waals surface area contributed by atoms with Crippen molar-refractivity contribution < 1.29 is 28.5 Å². The summed E-state index contributed by atoms with van der Waals surface area (Å²) < 4.78 is 23.7. The van der Waals surface area contributed by atoms with Crippen LogP contribution in [0.2, 0.25) is 0 Å². The Kier molecular flexibility index (Phi) is 6.64. The summed E-state index contributed by atoms with van der Waals surface area (Å²) in [5.74, 6) is -1.70. The Morgan fingerprint density at radius 3 is 2.06 bits per heavy atom. The molecule has 0 saturated carbocycles. The first-order chi connectivity index (χ1) is 15.7. The van der Waals surface area contributed by atoms with Gasteiger partial charge in [0.05, 0.1) is 23.0 Å². The van der Waals surface area contributed by atoms with Gasteiger partial charge in [0.25, 0.3) is 0 Å². The minimum atomic E-state index is -1.16. The van der Waals surface area contributed by atoms with Gasteiger partial charge >= 0.3 is 11.9 Å². The zero-order valence-corrected chi connectivity index (χ0v) is 19.2. The monoisotopic (exact) mass is 448 g/mol. The van der Waals surface area contributed by atoms with Gasteiger partial charge in [-0.05, 0) is 38.3 Å². The predicted molar refractivity (Wildman–Crippen MR) is 122 cm³/mol. The molecule has 2 aromatic carbocycles. The summed E-state index contributed by atoms with van der Waals surface area (Å²) in [6.45, 7) is 5.70. The molecule has 172 valence electrons. The van der Waals surface area contributed by atoms with Crippen LogP contribution in [0.25, 0.3) is 0 Å². The van der Waals surface area contributed by atoms with Crippen LogP contribution in [0.5, 0.6) is 0 Å². The van der Waals surface area contributed by atoms with E-state index in [1.165, 1.54) is 0 Å². The van der Waals surface area contributed by atoms with Crippen LogP contribution >= 0.6 is 0 Å². The zero-order valence-electron chi connectivity index (χ0n) is 19.2. The average molecular weight is 448 g/mol. The van der Waals surface area contributed by atoms with Crippen LogP contribution in [-0.4, -0.2) is 43.6 Å². The van der Waals surface area contributed by atoms with Crippen molar-refractivity contribution in [3.63, 3.8) is 0 Å². The number of esters is 2. The highest BCUT2D eigenvalue weighted by Crippen LogP contribution is 2.50. The first kappa shape index (κ1) is 23.5. The number of hydrogen-bond donors (Lipinski definition) is 0. The summed E-state index contributed by atoms with van der Waals surface area (Å²) in [5, 5.41) is 0. The molecule has 2 aromatic rings. The van der Waals surface area contributed by atoms with Gasteiger partial charge < -0.3 is 18.9 Å². The van der Waals surface area contributed by atoms with E-state index in [-0.39, 0.29) is 19.6 Å². The lowest BCUT2D eigenvalue weighted by Crippen LogP contribution is -2.60. The van der Waals surface area contributed by atoms with Gasteiger partial charge in [-0.25, -0.2) is 0 Å². The Morgan fingerprint density at radius 2 is 1.48 bits per heavy atom. The van der Waals surface area contributed by atoms with E-state index in [1.54, 1.807) is 6.92 Å². The normalized spacial score (nSPS) is 30.3. The van der Waals surface area contributed by atoms with Gasteiger partial charge in [-0.15, -0.1) is 0 Å². The molecule has 2 bridgehead atoms. The molecule has 0 amide bonds. The average Bonchev–Trinajstić information content (AvgIpc) is 2.98. The second-order valence-corrected chi connectivity index (χ2v) is 9.55. The first-order valence-electron chi connectivity index (χ1n) is 11.2. The summed E-state index contributed by atoms with van der Waals surface area (Å²) in [7, 11) is 6.26. The van der Waals surface area contributed by atoms with Gasteiger partial charge in [0.15, 0.2) is 0 Å². The number of rotatable bonds is 6. The zero-order chi connectivity index (χ0) is 23.6. The Balaban J connectivity index is 1.56. The fourth-order valence-corrected chi connectivity index (χ4v) is 4.92. The van der Waals surface area contributed by atoms with Gasteiger partial charge in [0, 0.05) is 6.00 Å². The molecule has 3 heterocycles. The standard InChI is InChI=1S/C26H29BO6/c1-25(2)23-26(3,24(29)31-16-18-12-8-5-9-13-18)14-19(20(33-25)21(27)32-23)22(28)30-15-17-10-6-4-7-11-17/h4-13,19-21,23H,14-16H2,1-3H3/t19?,20?,21-,23?,26?/m1/s1. The smallest absolute Gasteiger partial charge is 0.314 e. The van der Waals surface area contributed by atoms with Crippen molar-refractivity contribution in [1.29, 1.82) is 0 Å². The fraction of sp³-hybridized carbons (Fsp3) is 0.462. The molecule has 0 N–H and O–H groups in total. The van der Waals surface area contributed by atoms with E-state index < -0.39 is 47.1 Å². The molecule has 3 fully saturated rings. The summed E-state index contributed by atoms with van der Waals surface area (Å²) >= 11 is 0. The fourth-order valence-electron chi connectivity index (χ4n) is 4.92. The lowest BCUT2D eigenvalue weighted by molar-refractivity contribution is -0.254. The predicted octanol–water partition coefficient (Wildman–Crippen LogP) is 3.56. The number of ether oxygens (including phenoxy) is 4. The van der Waals surface area contributed by atoms with Crippen molar-refractivity contribution in [3.05, 3.63) is 71.8 Å². The van der Waals surface area contributed by atoms with Crippen LogP contribution in [0, 0.1) is 11.3 Å². The van der Waals surface area contributed by atoms with Crippen molar-refractivity contribution in [1.82, 2.24) is 0 Å². The Bertz CT molecular complexity index is 979. The number of fused-ring (bicyclic) bond motifs is 4. The maximum atomic E-state index is 13.4. The third kappa shape index (κ3) is 4.85. The molecular weight excluding hydrogens is 419 g/mol. The molecule has 5 atom stereocenters. The molecular formula is C26H29BO6. The van der Waals surface area contributed by atoms with E-state index in [4.69, 9.17) is 26.8 Å². The molecule has 0 aliphatic carbocycles. The summed E-state index contributed by atoms with van der Waals surface area (Å²) in [4.78, 5) is 26.6. The van der Waals surface area contributed by atoms with Gasteiger partial charge in [0.2, 0.25) is 0 Å². The molecule has 7 heteroatoms. The van der Waals surface area contributed by atoms with Gasteiger partial charge in [-0.1, -0.05) is 60.7 Å². The Hall–Kier alpha value is -2.64. The molecule has 0 aromatic heterocycles. The second kappa shape index (κ2) is 9.31. The number of hydrogen-bond acceptors (Lipinski definition) is 6. The van der Waals surface area contributed by atoms with E-state index >= 15 is 0 Å². The molecule has 0 spiro atoms. The summed E-state index contributed by atoms with van der Waals surface area (Å²) in [6.07, 6.45) is -1.27. The molecule has 6 nitrogen and oxygen atoms in total. The maximum Gasteiger partial charge on any atom is 0.314 e. The largest absolute Gasteiger partial charge is 0.461 e.